The SMILES string of the molecule is CCOC(=O)Cc1cc(C)cc(C#N)c1CC. The number of nitriles is 1. The summed E-state index contributed by atoms with van der Waals surface area (Å²) in [7, 11) is 0. The van der Waals surface area contributed by atoms with Gasteiger partial charge in [0, 0.05) is 0 Å². The summed E-state index contributed by atoms with van der Waals surface area (Å²) in [5.41, 5.74) is 3.51. The van der Waals surface area contributed by atoms with Crippen LogP contribution in [-0.4, -0.2) is 12.6 Å². The quantitative estimate of drug-likeness (QED) is 0.748. The molecule has 1 aromatic rings. The predicted molar refractivity (Wildman–Crippen MR) is 65.6 cm³/mol. The van der Waals surface area contributed by atoms with Crippen molar-refractivity contribution in [2.45, 2.75) is 33.6 Å². The molecule has 0 aromatic heterocycles. The van der Waals surface area contributed by atoms with Crippen molar-refractivity contribution in [1.82, 2.24) is 0 Å². The van der Waals surface area contributed by atoms with Crippen LogP contribution in [0.15, 0.2) is 12.1 Å². The van der Waals surface area contributed by atoms with Crippen LogP contribution >= 0.6 is 0 Å². The van der Waals surface area contributed by atoms with Gasteiger partial charge in [0.15, 0.2) is 0 Å². The van der Waals surface area contributed by atoms with Gasteiger partial charge in [0.1, 0.15) is 0 Å². The second-order valence-corrected chi connectivity index (χ2v) is 3.90. The van der Waals surface area contributed by atoms with E-state index >= 15 is 0 Å². The first-order chi connectivity index (χ1) is 8.12. The highest BCUT2D eigenvalue weighted by molar-refractivity contribution is 5.73. The Balaban J connectivity index is 3.10. The number of esters is 1. The number of ether oxygens (including phenoxy) is 1. The Hall–Kier alpha value is -1.82. The molecular formula is C14H17NO2. The number of rotatable bonds is 4. The van der Waals surface area contributed by atoms with E-state index in [1.807, 2.05) is 26.0 Å². The molecule has 0 bridgehead atoms. The number of carbonyl (C=O) groups is 1. The molecule has 0 saturated carbocycles. The van der Waals surface area contributed by atoms with Crippen molar-refractivity contribution in [3.8, 4) is 6.07 Å². The molecular weight excluding hydrogens is 214 g/mol. The van der Waals surface area contributed by atoms with E-state index in [1.165, 1.54) is 0 Å². The first-order valence-electron chi connectivity index (χ1n) is 5.80. The van der Waals surface area contributed by atoms with Crippen LogP contribution in [0.5, 0.6) is 0 Å². The van der Waals surface area contributed by atoms with E-state index in [4.69, 9.17) is 10.00 Å². The van der Waals surface area contributed by atoms with E-state index in [0.29, 0.717) is 12.2 Å². The third-order valence-corrected chi connectivity index (χ3v) is 2.60. The van der Waals surface area contributed by atoms with Crippen molar-refractivity contribution in [1.29, 1.82) is 5.26 Å². The van der Waals surface area contributed by atoms with Gasteiger partial charge >= 0.3 is 5.97 Å². The Morgan fingerprint density at radius 3 is 2.65 bits per heavy atom. The Labute approximate surface area is 102 Å². The molecule has 3 heteroatoms. The molecule has 0 aliphatic carbocycles. The Morgan fingerprint density at radius 1 is 1.41 bits per heavy atom. The van der Waals surface area contributed by atoms with Crippen LogP contribution in [0.2, 0.25) is 0 Å². The highest BCUT2D eigenvalue weighted by Gasteiger charge is 2.12. The number of aryl methyl sites for hydroxylation is 1. The monoisotopic (exact) mass is 231 g/mol. The summed E-state index contributed by atoms with van der Waals surface area (Å²) < 4.78 is 4.94. The summed E-state index contributed by atoms with van der Waals surface area (Å²) in [5.74, 6) is -0.239. The van der Waals surface area contributed by atoms with Crippen LogP contribution in [0.4, 0.5) is 0 Å². The van der Waals surface area contributed by atoms with Crippen molar-refractivity contribution in [3.63, 3.8) is 0 Å². The van der Waals surface area contributed by atoms with Gasteiger partial charge in [-0.15, -0.1) is 0 Å². The third kappa shape index (κ3) is 3.32. The molecule has 0 atom stereocenters. The highest BCUT2D eigenvalue weighted by atomic mass is 16.5. The van der Waals surface area contributed by atoms with Gasteiger partial charge in [-0.25, -0.2) is 0 Å². The zero-order valence-corrected chi connectivity index (χ0v) is 10.5. The number of benzene rings is 1. The van der Waals surface area contributed by atoms with E-state index in [9.17, 15) is 4.79 Å². The van der Waals surface area contributed by atoms with Crippen LogP contribution in [-0.2, 0) is 22.4 Å². The fraction of sp³-hybridized carbons (Fsp3) is 0.429. The van der Waals surface area contributed by atoms with Crippen molar-refractivity contribution in [2.24, 2.45) is 0 Å². The average Bonchev–Trinajstić information content (AvgIpc) is 2.28. The second kappa shape index (κ2) is 6.05. The van der Waals surface area contributed by atoms with E-state index in [1.54, 1.807) is 6.92 Å². The number of hydrogen-bond acceptors (Lipinski definition) is 3. The average molecular weight is 231 g/mol. The molecule has 0 fully saturated rings. The van der Waals surface area contributed by atoms with E-state index in [0.717, 1.165) is 23.1 Å². The van der Waals surface area contributed by atoms with Gasteiger partial charge in [-0.05, 0) is 43.0 Å². The Bertz CT molecular complexity index is 458. The molecule has 0 spiro atoms. The summed E-state index contributed by atoms with van der Waals surface area (Å²) in [6, 6.07) is 5.99. The molecule has 17 heavy (non-hydrogen) atoms. The molecule has 90 valence electrons. The lowest BCUT2D eigenvalue weighted by atomic mass is 9.95. The van der Waals surface area contributed by atoms with Crippen LogP contribution < -0.4 is 0 Å². The molecule has 0 aliphatic rings. The van der Waals surface area contributed by atoms with E-state index < -0.39 is 0 Å². The Kier molecular flexibility index (Phi) is 4.71. The van der Waals surface area contributed by atoms with Gasteiger partial charge in [-0.2, -0.15) is 5.26 Å². The lowest BCUT2D eigenvalue weighted by Gasteiger charge is -2.10. The maximum Gasteiger partial charge on any atom is 0.310 e. The lowest BCUT2D eigenvalue weighted by Crippen LogP contribution is -2.10. The normalized spacial score (nSPS) is 9.76. The zero-order valence-electron chi connectivity index (χ0n) is 10.5. The first kappa shape index (κ1) is 13.2. The minimum absolute atomic E-state index is 0.239. The minimum atomic E-state index is -0.239. The highest BCUT2D eigenvalue weighted by Crippen LogP contribution is 2.19. The summed E-state index contributed by atoms with van der Waals surface area (Å²) in [6.45, 7) is 6.09. The maximum atomic E-state index is 11.5. The fourth-order valence-electron chi connectivity index (χ4n) is 1.93. The summed E-state index contributed by atoms with van der Waals surface area (Å²) in [5, 5.41) is 9.07. The third-order valence-electron chi connectivity index (χ3n) is 2.60. The van der Waals surface area contributed by atoms with Crippen LogP contribution in [0, 0.1) is 18.3 Å². The minimum Gasteiger partial charge on any atom is -0.466 e. The molecule has 0 heterocycles. The fourth-order valence-corrected chi connectivity index (χ4v) is 1.93. The molecule has 1 rings (SSSR count). The molecule has 0 aliphatic heterocycles. The van der Waals surface area contributed by atoms with Crippen molar-refractivity contribution in [2.75, 3.05) is 6.61 Å². The molecule has 0 unspecified atom stereocenters. The molecule has 1 aromatic carbocycles. The summed E-state index contributed by atoms with van der Waals surface area (Å²) >= 11 is 0. The smallest absolute Gasteiger partial charge is 0.310 e. The van der Waals surface area contributed by atoms with Gasteiger partial charge in [-0.1, -0.05) is 13.0 Å². The maximum absolute atomic E-state index is 11.5. The van der Waals surface area contributed by atoms with Crippen LogP contribution in [0.25, 0.3) is 0 Å². The predicted octanol–water partition coefficient (Wildman–Crippen LogP) is 2.53. The van der Waals surface area contributed by atoms with Gasteiger partial charge in [0.2, 0.25) is 0 Å². The van der Waals surface area contributed by atoms with Gasteiger partial charge in [0.05, 0.1) is 24.7 Å². The largest absolute Gasteiger partial charge is 0.466 e. The van der Waals surface area contributed by atoms with E-state index in [-0.39, 0.29) is 12.4 Å². The van der Waals surface area contributed by atoms with Crippen LogP contribution in [0.1, 0.15) is 36.1 Å². The van der Waals surface area contributed by atoms with Crippen LogP contribution in [0.3, 0.4) is 0 Å². The van der Waals surface area contributed by atoms with Crippen molar-refractivity contribution < 1.29 is 9.53 Å². The van der Waals surface area contributed by atoms with E-state index in [2.05, 4.69) is 6.07 Å². The molecule has 0 N–H and O–H groups in total. The van der Waals surface area contributed by atoms with Gasteiger partial charge in [0.25, 0.3) is 0 Å². The number of carbonyl (C=O) groups excluding carboxylic acids is 1. The number of hydrogen-bond donors (Lipinski definition) is 0. The summed E-state index contributed by atoms with van der Waals surface area (Å²) in [6.07, 6.45) is 0.991. The molecule has 0 radical (unpaired) electrons. The van der Waals surface area contributed by atoms with Gasteiger partial charge in [-0.3, -0.25) is 4.79 Å². The summed E-state index contributed by atoms with van der Waals surface area (Å²) in [4.78, 5) is 11.5. The van der Waals surface area contributed by atoms with Crippen molar-refractivity contribution >= 4 is 5.97 Å². The molecule has 0 saturated heterocycles. The van der Waals surface area contributed by atoms with Gasteiger partial charge < -0.3 is 4.74 Å². The lowest BCUT2D eigenvalue weighted by molar-refractivity contribution is -0.142. The molecule has 0 amide bonds. The Morgan fingerprint density at radius 2 is 2.12 bits per heavy atom. The first-order valence-corrected chi connectivity index (χ1v) is 5.80. The van der Waals surface area contributed by atoms with Crippen molar-refractivity contribution in [3.05, 3.63) is 34.4 Å². The standard InChI is InChI=1S/C14H17NO2/c1-4-13-11(8-14(16)17-5-2)6-10(3)7-12(13)9-15/h6-7H,4-5,8H2,1-3H3. The number of nitrogens with zero attached hydrogens (tertiary/aromatic N) is 1. The second-order valence-electron chi connectivity index (χ2n) is 3.90. The zero-order chi connectivity index (χ0) is 12.8. The topological polar surface area (TPSA) is 50.1 Å². The molecule has 3 nitrogen and oxygen atoms in total.